The fourth-order valence-electron chi connectivity index (χ4n) is 4.75. The van der Waals surface area contributed by atoms with Crippen molar-refractivity contribution in [2.45, 2.75) is 54.0 Å². The Kier molecular flexibility index (Phi) is 11.6. The van der Waals surface area contributed by atoms with Gasteiger partial charge in [0.05, 0.1) is 31.9 Å². The van der Waals surface area contributed by atoms with E-state index in [1.165, 1.54) is 0 Å². The Morgan fingerprint density at radius 1 is 0.951 bits per heavy atom. The predicted octanol–water partition coefficient (Wildman–Crippen LogP) is 5.92. The van der Waals surface area contributed by atoms with Crippen LogP contribution in [-0.2, 0) is 9.59 Å². The van der Waals surface area contributed by atoms with Crippen LogP contribution in [0.1, 0.15) is 65.1 Å². The zero-order valence-corrected chi connectivity index (χ0v) is 25.6. The van der Waals surface area contributed by atoms with Crippen LogP contribution in [0.25, 0.3) is 5.76 Å². The molecule has 0 bridgehead atoms. The van der Waals surface area contributed by atoms with Crippen LogP contribution in [0.5, 0.6) is 17.2 Å². The molecule has 1 aliphatic heterocycles. The molecule has 0 saturated carbocycles. The van der Waals surface area contributed by atoms with E-state index in [1.54, 1.807) is 48.4 Å². The van der Waals surface area contributed by atoms with Crippen molar-refractivity contribution < 1.29 is 28.9 Å². The number of hydrogen-bond donors (Lipinski definition) is 1. The van der Waals surface area contributed by atoms with Gasteiger partial charge in [-0.1, -0.05) is 47.6 Å². The van der Waals surface area contributed by atoms with Gasteiger partial charge in [0.15, 0.2) is 11.5 Å². The van der Waals surface area contributed by atoms with Crippen LogP contribution in [0.15, 0.2) is 48.0 Å². The first-order valence-electron chi connectivity index (χ1n) is 14.7. The number of nitrogens with zero attached hydrogens (tertiary/aromatic N) is 2. The van der Waals surface area contributed by atoms with Crippen LogP contribution in [0, 0.1) is 11.8 Å². The molecule has 1 heterocycles. The van der Waals surface area contributed by atoms with Gasteiger partial charge in [-0.3, -0.25) is 9.59 Å². The van der Waals surface area contributed by atoms with Crippen molar-refractivity contribution in [1.82, 2.24) is 9.80 Å². The third-order valence-electron chi connectivity index (χ3n) is 7.26. The van der Waals surface area contributed by atoms with E-state index >= 15 is 0 Å². The first-order valence-corrected chi connectivity index (χ1v) is 14.7. The summed E-state index contributed by atoms with van der Waals surface area (Å²) in [6.07, 6.45) is 0.901. The number of aliphatic hydroxyl groups is 1. The van der Waals surface area contributed by atoms with E-state index < -0.39 is 17.7 Å². The molecule has 1 unspecified atom stereocenters. The highest BCUT2D eigenvalue weighted by Crippen LogP contribution is 2.42. The summed E-state index contributed by atoms with van der Waals surface area (Å²) in [7, 11) is 1.56. The molecule has 1 fully saturated rings. The first-order chi connectivity index (χ1) is 19.6. The number of Topliss-reactive ketones (excluding diaryl/α,β-unsaturated/α-hetero) is 1. The quantitative estimate of drug-likeness (QED) is 0.163. The van der Waals surface area contributed by atoms with E-state index in [9.17, 15) is 14.7 Å². The Balaban J connectivity index is 2.04. The molecular formula is C33H46N2O6. The number of aliphatic hydroxyl groups excluding tert-OH is 1. The number of hydrogen-bond acceptors (Lipinski definition) is 7. The summed E-state index contributed by atoms with van der Waals surface area (Å²) in [4.78, 5) is 30.6. The van der Waals surface area contributed by atoms with Crippen LogP contribution in [0.3, 0.4) is 0 Å². The number of likely N-dealkylation sites (tertiary alicyclic amines) is 1. The fraction of sp³-hybridized carbons (Fsp3) is 0.515. The predicted molar refractivity (Wildman–Crippen MR) is 162 cm³/mol. The highest BCUT2D eigenvalue weighted by atomic mass is 16.5. The monoisotopic (exact) mass is 566 g/mol. The summed E-state index contributed by atoms with van der Waals surface area (Å²) in [5.41, 5.74) is 1.16. The molecule has 224 valence electrons. The Labute approximate surface area is 244 Å². The molecule has 1 saturated heterocycles. The number of methoxy groups -OCH3 is 1. The van der Waals surface area contributed by atoms with Crippen LogP contribution < -0.4 is 14.2 Å². The van der Waals surface area contributed by atoms with Crippen molar-refractivity contribution in [3.8, 4) is 17.2 Å². The molecule has 1 aliphatic rings. The fourth-order valence-corrected chi connectivity index (χ4v) is 4.75. The summed E-state index contributed by atoms with van der Waals surface area (Å²) >= 11 is 0. The van der Waals surface area contributed by atoms with Crippen LogP contribution >= 0.6 is 0 Å². The number of benzene rings is 2. The average molecular weight is 567 g/mol. The van der Waals surface area contributed by atoms with Gasteiger partial charge in [-0.05, 0) is 73.3 Å². The van der Waals surface area contributed by atoms with E-state index in [4.69, 9.17) is 14.2 Å². The van der Waals surface area contributed by atoms with Gasteiger partial charge in [0.25, 0.3) is 11.7 Å². The number of carbonyl (C=O) groups excluding carboxylic acids is 2. The molecular weight excluding hydrogens is 520 g/mol. The molecule has 2 aromatic rings. The first kappa shape index (κ1) is 32.0. The van der Waals surface area contributed by atoms with Gasteiger partial charge in [-0.2, -0.15) is 0 Å². The smallest absolute Gasteiger partial charge is 0.295 e. The van der Waals surface area contributed by atoms with Crippen molar-refractivity contribution in [3.05, 3.63) is 59.2 Å². The standard InChI is InChI=1S/C33H46N2O6/c1-8-34(9-2)17-18-35-30(25-12-15-27(28(20-25)39-7)40-19-16-22(3)4)29(32(37)33(35)38)31(36)24-10-13-26(14-11-24)41-21-23(5)6/h10-15,20,22-23,30,36H,8-9,16-19,21H2,1-7H3/b31-29+. The van der Waals surface area contributed by atoms with Crippen molar-refractivity contribution in [1.29, 1.82) is 0 Å². The zero-order valence-electron chi connectivity index (χ0n) is 25.6. The lowest BCUT2D eigenvalue weighted by Crippen LogP contribution is -2.38. The molecule has 1 atom stereocenters. The van der Waals surface area contributed by atoms with E-state index in [-0.39, 0.29) is 11.3 Å². The molecule has 0 aromatic heterocycles. The molecule has 2 aromatic carbocycles. The van der Waals surface area contributed by atoms with Crippen LogP contribution in [0.4, 0.5) is 0 Å². The van der Waals surface area contributed by atoms with Gasteiger partial charge >= 0.3 is 0 Å². The summed E-state index contributed by atoms with van der Waals surface area (Å²) in [6.45, 7) is 16.2. The Morgan fingerprint density at radius 2 is 1.63 bits per heavy atom. The second-order valence-corrected chi connectivity index (χ2v) is 11.2. The second kappa shape index (κ2) is 14.9. The maximum atomic E-state index is 13.5. The minimum absolute atomic E-state index is 0.0564. The van der Waals surface area contributed by atoms with Gasteiger partial charge < -0.3 is 29.1 Å². The Bertz CT molecular complexity index is 1200. The molecule has 8 heteroatoms. The van der Waals surface area contributed by atoms with E-state index in [1.807, 2.05) is 6.07 Å². The molecule has 0 spiro atoms. The second-order valence-electron chi connectivity index (χ2n) is 11.2. The van der Waals surface area contributed by atoms with Crippen LogP contribution in [0.2, 0.25) is 0 Å². The van der Waals surface area contributed by atoms with E-state index in [2.05, 4.69) is 46.4 Å². The highest BCUT2D eigenvalue weighted by molar-refractivity contribution is 6.46. The summed E-state index contributed by atoms with van der Waals surface area (Å²) in [6, 6.07) is 11.6. The minimum atomic E-state index is -0.777. The summed E-state index contributed by atoms with van der Waals surface area (Å²) < 4.78 is 17.4. The van der Waals surface area contributed by atoms with Crippen LogP contribution in [-0.4, -0.2) is 73.1 Å². The lowest BCUT2D eigenvalue weighted by atomic mass is 9.95. The number of ketones is 1. The SMILES string of the molecule is CCN(CC)CCN1C(=O)C(=O)/C(=C(/O)c2ccc(OCC(C)C)cc2)C1c1ccc(OCCC(C)C)c(OC)c1. The summed E-state index contributed by atoms with van der Waals surface area (Å²) in [5, 5.41) is 11.5. The molecule has 8 nitrogen and oxygen atoms in total. The average Bonchev–Trinajstić information content (AvgIpc) is 3.21. The van der Waals surface area contributed by atoms with Crippen molar-refractivity contribution >= 4 is 17.4 Å². The lowest BCUT2D eigenvalue weighted by molar-refractivity contribution is -0.140. The molecule has 1 amide bonds. The molecule has 3 rings (SSSR count). The molecule has 0 aliphatic carbocycles. The maximum absolute atomic E-state index is 13.5. The topological polar surface area (TPSA) is 88.5 Å². The third-order valence-corrected chi connectivity index (χ3v) is 7.26. The van der Waals surface area contributed by atoms with Crippen molar-refractivity contribution in [3.63, 3.8) is 0 Å². The normalized spacial score (nSPS) is 16.7. The largest absolute Gasteiger partial charge is 0.507 e. The minimum Gasteiger partial charge on any atom is -0.507 e. The molecule has 41 heavy (non-hydrogen) atoms. The number of rotatable bonds is 15. The van der Waals surface area contributed by atoms with Crippen molar-refractivity contribution in [2.24, 2.45) is 11.8 Å². The number of carbonyl (C=O) groups is 2. The Morgan fingerprint density at radius 3 is 2.22 bits per heavy atom. The molecule has 1 N–H and O–H groups in total. The van der Waals surface area contributed by atoms with E-state index in [0.29, 0.717) is 66.5 Å². The Hall–Kier alpha value is -3.52. The van der Waals surface area contributed by atoms with Crippen molar-refractivity contribution in [2.75, 3.05) is 46.5 Å². The molecule has 0 radical (unpaired) electrons. The van der Waals surface area contributed by atoms with Gasteiger partial charge in [-0.15, -0.1) is 0 Å². The van der Waals surface area contributed by atoms with E-state index in [0.717, 1.165) is 19.5 Å². The lowest BCUT2D eigenvalue weighted by Gasteiger charge is -2.28. The van der Waals surface area contributed by atoms with Gasteiger partial charge in [0, 0.05) is 18.7 Å². The van der Waals surface area contributed by atoms with Gasteiger partial charge in [-0.25, -0.2) is 0 Å². The summed E-state index contributed by atoms with van der Waals surface area (Å²) in [5.74, 6) is 1.09. The number of amides is 1. The van der Waals surface area contributed by atoms with Gasteiger partial charge in [0.1, 0.15) is 11.5 Å². The number of ether oxygens (including phenoxy) is 3. The maximum Gasteiger partial charge on any atom is 0.295 e. The third kappa shape index (κ3) is 8.03. The number of likely N-dealkylation sites (N-methyl/N-ethyl adjacent to an activating group) is 1. The van der Waals surface area contributed by atoms with Gasteiger partial charge in [0.2, 0.25) is 0 Å². The highest BCUT2D eigenvalue weighted by Gasteiger charge is 2.46. The zero-order chi connectivity index (χ0) is 30.1.